The predicted octanol–water partition coefficient (Wildman–Crippen LogP) is 4.01. The van der Waals surface area contributed by atoms with Crippen LogP contribution in [0.5, 0.6) is 0 Å². The Labute approximate surface area is 152 Å². The van der Waals surface area contributed by atoms with E-state index in [2.05, 4.69) is 4.98 Å². The van der Waals surface area contributed by atoms with Gasteiger partial charge in [-0.05, 0) is 43.9 Å². The third kappa shape index (κ3) is 4.61. The van der Waals surface area contributed by atoms with Crippen molar-refractivity contribution in [2.24, 2.45) is 0 Å². The molecule has 5 nitrogen and oxygen atoms in total. The first-order chi connectivity index (χ1) is 12.2. The lowest BCUT2D eigenvalue weighted by Gasteiger charge is -2.33. The zero-order chi connectivity index (χ0) is 17.6. The lowest BCUT2D eigenvalue weighted by Crippen LogP contribution is -2.40. The zero-order valence-electron chi connectivity index (χ0n) is 14.4. The molecule has 1 saturated heterocycles. The average molecular weight is 363 g/mol. The number of likely N-dealkylation sites (tertiary alicyclic amines) is 1. The van der Waals surface area contributed by atoms with Gasteiger partial charge in [0.25, 0.3) is 0 Å². The van der Waals surface area contributed by atoms with Crippen LogP contribution in [0.3, 0.4) is 0 Å². The largest absolute Gasteiger partial charge is 0.443 e. The van der Waals surface area contributed by atoms with Gasteiger partial charge in [-0.1, -0.05) is 23.7 Å². The van der Waals surface area contributed by atoms with E-state index in [1.165, 1.54) is 0 Å². The molecular weight excluding hydrogens is 340 g/mol. The second kappa shape index (κ2) is 8.50. The van der Waals surface area contributed by atoms with Gasteiger partial charge in [0.15, 0.2) is 0 Å². The number of rotatable bonds is 6. The number of amides is 1. The number of hydrogen-bond donors (Lipinski definition) is 0. The summed E-state index contributed by atoms with van der Waals surface area (Å²) in [7, 11) is 0. The minimum absolute atomic E-state index is 0.00370. The summed E-state index contributed by atoms with van der Waals surface area (Å²) in [5.74, 6) is 1.41. The summed E-state index contributed by atoms with van der Waals surface area (Å²) in [5, 5.41) is 0.715. The van der Waals surface area contributed by atoms with Gasteiger partial charge in [0.2, 0.25) is 11.8 Å². The van der Waals surface area contributed by atoms with Crippen molar-refractivity contribution < 1.29 is 13.9 Å². The quantitative estimate of drug-likeness (QED) is 0.779. The van der Waals surface area contributed by atoms with E-state index < -0.39 is 0 Å². The average Bonchev–Trinajstić information content (AvgIpc) is 3.10. The molecule has 6 heteroatoms. The normalized spacial score (nSPS) is 17.7. The molecule has 1 amide bonds. The van der Waals surface area contributed by atoms with E-state index in [9.17, 15) is 4.79 Å². The van der Waals surface area contributed by atoms with Crippen LogP contribution in [-0.2, 0) is 16.0 Å². The zero-order valence-corrected chi connectivity index (χ0v) is 15.2. The number of oxazole rings is 1. The summed E-state index contributed by atoms with van der Waals surface area (Å²) in [4.78, 5) is 18.7. The van der Waals surface area contributed by atoms with Crippen LogP contribution < -0.4 is 0 Å². The van der Waals surface area contributed by atoms with Crippen molar-refractivity contribution in [3.05, 3.63) is 52.7 Å². The molecule has 3 rings (SSSR count). The number of carbonyl (C=O) groups excluding carboxylic acids is 1. The first-order valence-corrected chi connectivity index (χ1v) is 9.11. The highest BCUT2D eigenvalue weighted by atomic mass is 35.5. The van der Waals surface area contributed by atoms with Crippen LogP contribution >= 0.6 is 11.6 Å². The second-order valence-corrected chi connectivity index (χ2v) is 6.64. The minimum Gasteiger partial charge on any atom is -0.443 e. The first kappa shape index (κ1) is 18.0. The number of benzene rings is 1. The Morgan fingerprint density at radius 1 is 1.36 bits per heavy atom. The predicted molar refractivity (Wildman–Crippen MR) is 95.6 cm³/mol. The number of nitrogens with zero attached hydrogens (tertiary/aromatic N) is 2. The molecule has 1 aliphatic rings. The SMILES string of the molecule is CCOCC(=O)N1CCCCC1c1ncc(Cc2ccc(Cl)cc2)o1. The Kier molecular flexibility index (Phi) is 6.10. The Balaban J connectivity index is 1.70. The molecule has 0 bridgehead atoms. The molecule has 1 aromatic carbocycles. The number of aromatic nitrogens is 1. The molecule has 0 saturated carbocycles. The molecule has 25 heavy (non-hydrogen) atoms. The fraction of sp³-hybridized carbons (Fsp3) is 0.474. The maximum Gasteiger partial charge on any atom is 0.249 e. The molecule has 1 atom stereocenters. The van der Waals surface area contributed by atoms with Crippen molar-refractivity contribution in [2.45, 2.75) is 38.6 Å². The van der Waals surface area contributed by atoms with E-state index in [0.29, 0.717) is 23.9 Å². The Morgan fingerprint density at radius 3 is 2.92 bits per heavy atom. The second-order valence-electron chi connectivity index (χ2n) is 6.20. The standard InChI is InChI=1S/C19H23ClN2O3/c1-2-24-13-18(23)22-10-4-3-5-17(22)19-21-12-16(25-19)11-14-6-8-15(20)9-7-14/h6-9,12,17H,2-5,10-11,13H2,1H3. The van der Waals surface area contributed by atoms with Crippen LogP contribution in [-0.4, -0.2) is 35.5 Å². The van der Waals surface area contributed by atoms with Crippen LogP contribution in [0.15, 0.2) is 34.9 Å². The summed E-state index contributed by atoms with van der Waals surface area (Å²) in [6, 6.07) is 7.58. The van der Waals surface area contributed by atoms with Gasteiger partial charge >= 0.3 is 0 Å². The van der Waals surface area contributed by atoms with E-state index in [1.807, 2.05) is 36.1 Å². The Bertz CT molecular complexity index is 699. The maximum absolute atomic E-state index is 12.4. The van der Waals surface area contributed by atoms with E-state index >= 15 is 0 Å². The van der Waals surface area contributed by atoms with Gasteiger partial charge in [-0.3, -0.25) is 4.79 Å². The molecule has 134 valence electrons. The molecule has 1 unspecified atom stereocenters. The summed E-state index contributed by atoms with van der Waals surface area (Å²) in [6.45, 7) is 3.27. The van der Waals surface area contributed by atoms with Crippen LogP contribution in [0.1, 0.15) is 49.4 Å². The lowest BCUT2D eigenvalue weighted by molar-refractivity contribution is -0.140. The monoisotopic (exact) mass is 362 g/mol. The van der Waals surface area contributed by atoms with Crippen molar-refractivity contribution in [1.29, 1.82) is 0 Å². The number of halogens is 1. The lowest BCUT2D eigenvalue weighted by atomic mass is 10.0. The third-order valence-electron chi connectivity index (χ3n) is 4.40. The smallest absolute Gasteiger partial charge is 0.249 e. The van der Waals surface area contributed by atoms with E-state index in [1.54, 1.807) is 6.20 Å². The number of ether oxygens (including phenoxy) is 1. The number of hydrogen-bond acceptors (Lipinski definition) is 4. The van der Waals surface area contributed by atoms with Crippen molar-refractivity contribution in [3.8, 4) is 0 Å². The molecule has 0 N–H and O–H groups in total. The number of carbonyl (C=O) groups is 1. The number of piperidine rings is 1. The highest BCUT2D eigenvalue weighted by molar-refractivity contribution is 6.30. The van der Waals surface area contributed by atoms with Gasteiger partial charge in [-0.25, -0.2) is 4.98 Å². The fourth-order valence-electron chi connectivity index (χ4n) is 3.12. The third-order valence-corrected chi connectivity index (χ3v) is 4.65. The van der Waals surface area contributed by atoms with Crippen LogP contribution in [0, 0.1) is 0 Å². The Hall–Kier alpha value is -1.85. The van der Waals surface area contributed by atoms with Crippen LogP contribution in [0.4, 0.5) is 0 Å². The molecule has 0 radical (unpaired) electrons. The fourth-order valence-corrected chi connectivity index (χ4v) is 3.25. The van der Waals surface area contributed by atoms with Gasteiger partial charge in [0, 0.05) is 24.6 Å². The van der Waals surface area contributed by atoms with Gasteiger partial charge in [0.05, 0.1) is 6.20 Å². The molecule has 1 fully saturated rings. The molecule has 0 aliphatic carbocycles. The minimum atomic E-state index is -0.0966. The van der Waals surface area contributed by atoms with Gasteiger partial charge < -0.3 is 14.1 Å². The summed E-state index contributed by atoms with van der Waals surface area (Å²) >= 11 is 5.92. The highest BCUT2D eigenvalue weighted by Crippen LogP contribution is 2.31. The van der Waals surface area contributed by atoms with Crippen molar-refractivity contribution in [3.63, 3.8) is 0 Å². The molecule has 1 aliphatic heterocycles. The topological polar surface area (TPSA) is 55.6 Å². The van der Waals surface area contributed by atoms with Crippen molar-refractivity contribution >= 4 is 17.5 Å². The highest BCUT2D eigenvalue weighted by Gasteiger charge is 2.31. The maximum atomic E-state index is 12.4. The Morgan fingerprint density at radius 2 is 2.16 bits per heavy atom. The van der Waals surface area contributed by atoms with E-state index in [0.717, 1.165) is 37.1 Å². The molecular formula is C19H23ClN2O3. The van der Waals surface area contributed by atoms with E-state index in [-0.39, 0.29) is 18.6 Å². The van der Waals surface area contributed by atoms with Crippen LogP contribution in [0.2, 0.25) is 5.02 Å². The van der Waals surface area contributed by atoms with Gasteiger partial charge in [-0.15, -0.1) is 0 Å². The first-order valence-electron chi connectivity index (χ1n) is 8.73. The van der Waals surface area contributed by atoms with Crippen molar-refractivity contribution in [2.75, 3.05) is 19.8 Å². The summed E-state index contributed by atoms with van der Waals surface area (Å²) in [6.07, 6.45) is 5.36. The summed E-state index contributed by atoms with van der Waals surface area (Å²) in [5.41, 5.74) is 1.11. The van der Waals surface area contributed by atoms with E-state index in [4.69, 9.17) is 20.8 Å². The molecule has 0 spiro atoms. The van der Waals surface area contributed by atoms with Crippen molar-refractivity contribution in [1.82, 2.24) is 9.88 Å². The van der Waals surface area contributed by atoms with Gasteiger partial charge in [0.1, 0.15) is 18.4 Å². The molecule has 2 aromatic rings. The van der Waals surface area contributed by atoms with Crippen LogP contribution in [0.25, 0.3) is 0 Å². The molecule has 2 heterocycles. The molecule has 1 aromatic heterocycles. The van der Waals surface area contributed by atoms with Gasteiger partial charge in [-0.2, -0.15) is 0 Å². The summed E-state index contributed by atoms with van der Waals surface area (Å²) < 4.78 is 11.2.